The maximum absolute atomic E-state index is 12.2. The van der Waals surface area contributed by atoms with E-state index in [0.717, 1.165) is 36.1 Å². The van der Waals surface area contributed by atoms with Crippen LogP contribution in [0.25, 0.3) is 21.7 Å². The highest BCUT2D eigenvalue weighted by Crippen LogP contribution is 2.31. The van der Waals surface area contributed by atoms with Crippen molar-refractivity contribution in [3.63, 3.8) is 0 Å². The normalized spacial score (nSPS) is 16.7. The minimum atomic E-state index is -0.821. The molecule has 0 unspecified atom stereocenters. The third-order valence-corrected chi connectivity index (χ3v) is 6.49. The number of hydrogen-bond donors (Lipinski definition) is 2. The minimum absolute atomic E-state index is 0.634. The summed E-state index contributed by atoms with van der Waals surface area (Å²) in [4.78, 5) is 19.9. The fourth-order valence-corrected chi connectivity index (χ4v) is 4.86. The van der Waals surface area contributed by atoms with Crippen LogP contribution in [0.5, 0.6) is 0 Å². The van der Waals surface area contributed by atoms with E-state index >= 15 is 0 Å². The van der Waals surface area contributed by atoms with Gasteiger partial charge in [0, 0.05) is 60.4 Å². The summed E-state index contributed by atoms with van der Waals surface area (Å²) in [5, 5.41) is 14.1. The number of carboxylic acids is 1. The van der Waals surface area contributed by atoms with E-state index in [1.807, 2.05) is 24.4 Å². The lowest BCUT2D eigenvalue weighted by Gasteiger charge is -2.37. The molecule has 31 heavy (non-hydrogen) atoms. The van der Waals surface area contributed by atoms with Crippen LogP contribution in [-0.4, -0.2) is 52.0 Å². The van der Waals surface area contributed by atoms with E-state index in [4.69, 9.17) is 11.6 Å². The largest absolute Gasteiger partial charge is 0.480 e. The molecule has 0 spiro atoms. The molecule has 2 N–H and O–H groups in total. The summed E-state index contributed by atoms with van der Waals surface area (Å²) in [5.41, 5.74) is 2.97. The number of halogens is 1. The molecule has 5 nitrogen and oxygen atoms in total. The molecule has 1 aliphatic rings. The SMILES string of the molecule is O=C(O)[C@@H](c1c[nH]c2cc(Cl)ccc12)N1CCN(Cc2cccc3ccccc23)CC1. The molecule has 1 aliphatic heterocycles. The number of fused-ring (bicyclic) bond motifs is 2. The van der Waals surface area contributed by atoms with Gasteiger partial charge in [-0.3, -0.25) is 14.6 Å². The molecule has 1 fully saturated rings. The van der Waals surface area contributed by atoms with Crippen molar-refractivity contribution in [3.05, 3.63) is 83.0 Å². The van der Waals surface area contributed by atoms with E-state index < -0.39 is 12.0 Å². The summed E-state index contributed by atoms with van der Waals surface area (Å²) in [6.45, 7) is 3.96. The Morgan fingerprint density at radius 1 is 1.00 bits per heavy atom. The molecule has 0 aliphatic carbocycles. The summed E-state index contributed by atoms with van der Waals surface area (Å²) >= 11 is 6.09. The Balaban J connectivity index is 1.33. The number of H-pyrrole nitrogens is 1. The molecule has 2 heterocycles. The average Bonchev–Trinajstić information content (AvgIpc) is 3.18. The summed E-state index contributed by atoms with van der Waals surface area (Å²) in [6, 6.07) is 19.8. The van der Waals surface area contributed by atoms with Crippen LogP contribution in [0, 0.1) is 0 Å². The second-order valence-corrected chi connectivity index (χ2v) is 8.56. The van der Waals surface area contributed by atoms with Gasteiger partial charge in [0.25, 0.3) is 0 Å². The number of nitrogens with one attached hydrogen (secondary N) is 1. The molecule has 6 heteroatoms. The van der Waals surface area contributed by atoms with Crippen LogP contribution >= 0.6 is 11.6 Å². The number of rotatable bonds is 5. The molecule has 0 radical (unpaired) electrons. The van der Waals surface area contributed by atoms with Gasteiger partial charge in [-0.05, 0) is 28.5 Å². The highest BCUT2D eigenvalue weighted by molar-refractivity contribution is 6.31. The number of benzene rings is 3. The average molecular weight is 434 g/mol. The van der Waals surface area contributed by atoms with Gasteiger partial charge in [0.1, 0.15) is 6.04 Å². The van der Waals surface area contributed by atoms with Crippen LogP contribution in [0.3, 0.4) is 0 Å². The Bertz CT molecular complexity index is 1240. The predicted molar refractivity (Wildman–Crippen MR) is 124 cm³/mol. The number of carbonyl (C=O) groups is 1. The van der Waals surface area contributed by atoms with Crippen LogP contribution in [0.2, 0.25) is 5.02 Å². The van der Waals surface area contributed by atoms with Gasteiger partial charge in [0.05, 0.1) is 0 Å². The smallest absolute Gasteiger partial charge is 0.325 e. The second-order valence-electron chi connectivity index (χ2n) is 8.13. The molecule has 4 aromatic rings. The van der Waals surface area contributed by atoms with Crippen molar-refractivity contribution in [2.45, 2.75) is 12.6 Å². The quantitative estimate of drug-likeness (QED) is 0.469. The number of carboxylic acid groups (broad SMARTS) is 1. The van der Waals surface area contributed by atoms with Crippen LogP contribution in [0.15, 0.2) is 66.9 Å². The maximum Gasteiger partial charge on any atom is 0.325 e. The molecule has 3 aromatic carbocycles. The third-order valence-electron chi connectivity index (χ3n) is 6.25. The molecule has 158 valence electrons. The van der Waals surface area contributed by atoms with Gasteiger partial charge in [0.2, 0.25) is 0 Å². The van der Waals surface area contributed by atoms with E-state index in [1.54, 1.807) is 0 Å². The van der Waals surface area contributed by atoms with Crippen LogP contribution in [0.1, 0.15) is 17.2 Å². The molecular weight excluding hydrogens is 410 g/mol. The van der Waals surface area contributed by atoms with Gasteiger partial charge in [-0.15, -0.1) is 0 Å². The van der Waals surface area contributed by atoms with Crippen molar-refractivity contribution >= 4 is 39.2 Å². The second kappa shape index (κ2) is 8.35. The van der Waals surface area contributed by atoms with Crippen molar-refractivity contribution in [3.8, 4) is 0 Å². The molecular formula is C25H24ClN3O2. The van der Waals surface area contributed by atoms with Gasteiger partial charge in [0.15, 0.2) is 0 Å². The van der Waals surface area contributed by atoms with Crippen molar-refractivity contribution in [2.75, 3.05) is 26.2 Å². The fraction of sp³-hybridized carbons (Fsp3) is 0.240. The zero-order chi connectivity index (χ0) is 21.4. The number of nitrogens with zero attached hydrogens (tertiary/aromatic N) is 2. The molecule has 1 aromatic heterocycles. The molecule has 0 amide bonds. The molecule has 5 rings (SSSR count). The van der Waals surface area contributed by atoms with E-state index in [2.05, 4.69) is 57.2 Å². The topological polar surface area (TPSA) is 59.6 Å². The van der Waals surface area contributed by atoms with Crippen molar-refractivity contribution in [2.24, 2.45) is 0 Å². The Morgan fingerprint density at radius 3 is 2.58 bits per heavy atom. The van der Waals surface area contributed by atoms with Gasteiger partial charge < -0.3 is 10.1 Å². The van der Waals surface area contributed by atoms with Crippen molar-refractivity contribution < 1.29 is 9.90 Å². The summed E-state index contributed by atoms with van der Waals surface area (Å²) in [5.74, 6) is -0.821. The first-order valence-electron chi connectivity index (χ1n) is 10.5. The Labute approximate surface area is 185 Å². The lowest BCUT2D eigenvalue weighted by Crippen LogP contribution is -2.48. The first-order valence-corrected chi connectivity index (χ1v) is 10.9. The van der Waals surface area contributed by atoms with E-state index in [0.29, 0.717) is 18.1 Å². The van der Waals surface area contributed by atoms with Gasteiger partial charge in [-0.1, -0.05) is 60.1 Å². The fourth-order valence-electron chi connectivity index (χ4n) is 4.68. The molecule has 0 saturated carbocycles. The lowest BCUT2D eigenvalue weighted by atomic mass is 10.0. The minimum Gasteiger partial charge on any atom is -0.480 e. The monoisotopic (exact) mass is 433 g/mol. The number of aromatic amines is 1. The lowest BCUT2D eigenvalue weighted by molar-refractivity contribution is -0.144. The van der Waals surface area contributed by atoms with E-state index in [9.17, 15) is 9.90 Å². The number of hydrogen-bond acceptors (Lipinski definition) is 3. The zero-order valence-corrected chi connectivity index (χ0v) is 17.8. The highest BCUT2D eigenvalue weighted by Gasteiger charge is 2.32. The van der Waals surface area contributed by atoms with E-state index in [-0.39, 0.29) is 0 Å². The molecule has 1 saturated heterocycles. The van der Waals surface area contributed by atoms with Crippen LogP contribution < -0.4 is 0 Å². The zero-order valence-electron chi connectivity index (χ0n) is 17.1. The Morgan fingerprint density at radius 2 is 1.77 bits per heavy atom. The summed E-state index contributed by atoms with van der Waals surface area (Å²) < 4.78 is 0. The third kappa shape index (κ3) is 3.92. The van der Waals surface area contributed by atoms with Crippen molar-refractivity contribution in [1.29, 1.82) is 0 Å². The Kier molecular flexibility index (Phi) is 5.40. The highest BCUT2D eigenvalue weighted by atomic mass is 35.5. The van der Waals surface area contributed by atoms with Gasteiger partial charge >= 0.3 is 5.97 Å². The van der Waals surface area contributed by atoms with Gasteiger partial charge in [-0.2, -0.15) is 0 Å². The summed E-state index contributed by atoms with van der Waals surface area (Å²) in [7, 11) is 0. The first kappa shape index (κ1) is 20.1. The van der Waals surface area contributed by atoms with Crippen LogP contribution in [-0.2, 0) is 11.3 Å². The summed E-state index contributed by atoms with van der Waals surface area (Å²) in [6.07, 6.45) is 1.81. The Hall–Kier alpha value is -2.86. The van der Waals surface area contributed by atoms with Crippen LogP contribution in [0.4, 0.5) is 0 Å². The van der Waals surface area contributed by atoms with Gasteiger partial charge in [-0.25, -0.2) is 0 Å². The first-order chi connectivity index (χ1) is 15.1. The standard InChI is InChI=1S/C25H24ClN3O2/c26-19-8-9-21-22(15-27-23(21)14-19)24(25(30)31)29-12-10-28(11-13-29)16-18-6-3-5-17-4-1-2-7-20(17)18/h1-9,14-15,24,27H,10-13,16H2,(H,30,31)/t24-/m1/s1. The van der Waals surface area contributed by atoms with Crippen molar-refractivity contribution in [1.82, 2.24) is 14.8 Å². The number of piperazine rings is 1. The number of aliphatic carboxylic acids is 1. The van der Waals surface area contributed by atoms with E-state index in [1.165, 1.54) is 16.3 Å². The maximum atomic E-state index is 12.2. The predicted octanol–water partition coefficient (Wildman–Crippen LogP) is 4.92. The number of aromatic nitrogens is 1. The molecule has 0 bridgehead atoms. The molecule has 1 atom stereocenters.